The normalized spacial score (nSPS) is 13.0. The van der Waals surface area contributed by atoms with Crippen molar-refractivity contribution in [3.05, 3.63) is 34.9 Å². The number of hydrogen-bond acceptors (Lipinski definition) is 5. The molecule has 2 unspecified atom stereocenters. The largest absolute Gasteiger partial charge is 0.444 e. The molecule has 0 aliphatic rings. The molecular weight excluding hydrogens is 470 g/mol. The number of aliphatic hydroxyl groups is 1. The minimum absolute atomic E-state index is 0.262. The second-order valence-electron chi connectivity index (χ2n) is 10.7. The molecule has 37 heavy (non-hydrogen) atoms. The van der Waals surface area contributed by atoms with Gasteiger partial charge in [0.05, 0.1) is 6.61 Å². The van der Waals surface area contributed by atoms with Crippen LogP contribution in [0.3, 0.4) is 0 Å². The van der Waals surface area contributed by atoms with Gasteiger partial charge in [0, 0.05) is 13.1 Å². The Kier molecular flexibility index (Phi) is 14.3. The first kappa shape index (κ1) is 32.4. The molecule has 3 amide bonds. The van der Waals surface area contributed by atoms with Crippen molar-refractivity contribution in [2.45, 2.75) is 111 Å². The summed E-state index contributed by atoms with van der Waals surface area (Å²) in [5.41, 5.74) is 1.82. The number of aryl methyl sites for hydroxylation is 2. The van der Waals surface area contributed by atoms with Gasteiger partial charge in [0.15, 0.2) is 0 Å². The highest BCUT2D eigenvalue weighted by molar-refractivity contribution is 5.92. The van der Waals surface area contributed by atoms with Crippen LogP contribution in [-0.4, -0.2) is 59.3 Å². The number of alkyl carbamates (subject to hydrolysis) is 1. The lowest BCUT2D eigenvalue weighted by Crippen LogP contribution is -2.54. The fourth-order valence-electron chi connectivity index (χ4n) is 4.26. The van der Waals surface area contributed by atoms with Crippen LogP contribution in [0.5, 0.6) is 0 Å². The number of hydrogen-bond donors (Lipinski definition) is 3. The molecule has 8 nitrogen and oxygen atoms in total. The standard InChI is InChI=1S/C29H49N3O5/c1-8-10-12-13-14-19-32(27(35)23(20-33)31-28(36)37-29(5,6)7)25(26(34)30-18-11-9-2)24-21(3)16-15-17-22(24)4/h15-17,23,25,33H,8-14,18-20H2,1-7H3,(H,30,34)(H,31,36). The first-order chi connectivity index (χ1) is 17.5. The van der Waals surface area contributed by atoms with Gasteiger partial charge in [0.25, 0.3) is 0 Å². The fraction of sp³-hybridized carbons (Fsp3) is 0.690. The zero-order valence-corrected chi connectivity index (χ0v) is 24.0. The summed E-state index contributed by atoms with van der Waals surface area (Å²) in [5, 5.41) is 15.6. The number of aliphatic hydroxyl groups excluding tert-OH is 1. The molecule has 0 aliphatic carbocycles. The van der Waals surface area contributed by atoms with Crippen molar-refractivity contribution in [2.75, 3.05) is 19.7 Å². The van der Waals surface area contributed by atoms with E-state index < -0.39 is 36.3 Å². The Labute approximate surface area is 223 Å². The number of unbranched alkanes of at least 4 members (excludes halogenated alkanes) is 5. The lowest BCUT2D eigenvalue weighted by atomic mass is 9.93. The number of benzene rings is 1. The molecule has 0 aliphatic heterocycles. The van der Waals surface area contributed by atoms with Crippen molar-refractivity contribution >= 4 is 17.9 Å². The summed E-state index contributed by atoms with van der Waals surface area (Å²) in [6.45, 7) is 13.5. The van der Waals surface area contributed by atoms with Crippen LogP contribution in [-0.2, 0) is 14.3 Å². The number of carbonyl (C=O) groups is 3. The number of carbonyl (C=O) groups excluding carboxylic acids is 3. The summed E-state index contributed by atoms with van der Waals surface area (Å²) < 4.78 is 5.31. The number of amides is 3. The van der Waals surface area contributed by atoms with Crippen LogP contribution in [0.2, 0.25) is 0 Å². The van der Waals surface area contributed by atoms with Gasteiger partial charge in [-0.05, 0) is 64.2 Å². The average molecular weight is 520 g/mol. The minimum atomic E-state index is -1.24. The molecule has 0 radical (unpaired) electrons. The number of ether oxygens (including phenoxy) is 1. The SMILES string of the molecule is CCCCCCCN(C(=O)C(CO)NC(=O)OC(C)(C)C)C(C(=O)NCCCC)c1c(C)cccc1C. The molecule has 1 rings (SSSR count). The van der Waals surface area contributed by atoms with Crippen molar-refractivity contribution in [2.24, 2.45) is 0 Å². The highest BCUT2D eigenvalue weighted by Gasteiger charge is 2.37. The van der Waals surface area contributed by atoms with Crippen molar-refractivity contribution in [1.82, 2.24) is 15.5 Å². The molecule has 1 aromatic carbocycles. The smallest absolute Gasteiger partial charge is 0.408 e. The van der Waals surface area contributed by atoms with Gasteiger partial charge in [-0.15, -0.1) is 0 Å². The highest BCUT2D eigenvalue weighted by atomic mass is 16.6. The molecule has 0 heterocycles. The van der Waals surface area contributed by atoms with E-state index in [1.807, 2.05) is 32.0 Å². The van der Waals surface area contributed by atoms with Gasteiger partial charge < -0.3 is 25.4 Å². The van der Waals surface area contributed by atoms with Crippen LogP contribution < -0.4 is 10.6 Å². The Balaban J connectivity index is 3.42. The molecule has 8 heteroatoms. The molecule has 3 N–H and O–H groups in total. The molecule has 0 saturated heterocycles. The maximum absolute atomic E-state index is 13.9. The molecule has 0 bridgehead atoms. The van der Waals surface area contributed by atoms with Crippen LogP contribution in [0.1, 0.15) is 102 Å². The minimum Gasteiger partial charge on any atom is -0.444 e. The quantitative estimate of drug-likeness (QED) is 0.284. The Morgan fingerprint density at radius 2 is 1.57 bits per heavy atom. The summed E-state index contributed by atoms with van der Waals surface area (Å²) in [5.74, 6) is -0.774. The van der Waals surface area contributed by atoms with Crippen LogP contribution in [0.15, 0.2) is 18.2 Å². The second-order valence-corrected chi connectivity index (χ2v) is 10.7. The maximum Gasteiger partial charge on any atom is 0.408 e. The third kappa shape index (κ3) is 11.1. The summed E-state index contributed by atoms with van der Waals surface area (Å²) in [6, 6.07) is 3.67. The Hall–Kier alpha value is -2.61. The lowest BCUT2D eigenvalue weighted by Gasteiger charge is -2.35. The van der Waals surface area contributed by atoms with Gasteiger partial charge in [-0.2, -0.15) is 0 Å². The molecule has 0 spiro atoms. The van der Waals surface area contributed by atoms with E-state index in [1.54, 1.807) is 20.8 Å². The topological polar surface area (TPSA) is 108 Å². The molecule has 0 fully saturated rings. The number of nitrogens with one attached hydrogen (secondary N) is 2. The van der Waals surface area contributed by atoms with Gasteiger partial charge >= 0.3 is 6.09 Å². The van der Waals surface area contributed by atoms with Crippen molar-refractivity contribution in [1.29, 1.82) is 0 Å². The Morgan fingerprint density at radius 1 is 0.973 bits per heavy atom. The predicted molar refractivity (Wildman–Crippen MR) is 147 cm³/mol. The highest BCUT2D eigenvalue weighted by Crippen LogP contribution is 2.29. The Morgan fingerprint density at radius 3 is 2.11 bits per heavy atom. The average Bonchev–Trinajstić information content (AvgIpc) is 2.81. The molecule has 0 aromatic heterocycles. The summed E-state index contributed by atoms with van der Waals surface area (Å²) >= 11 is 0. The summed E-state index contributed by atoms with van der Waals surface area (Å²) in [4.78, 5) is 41.5. The second kappa shape index (κ2) is 16.3. The molecule has 1 aromatic rings. The van der Waals surface area contributed by atoms with E-state index in [-0.39, 0.29) is 5.91 Å². The third-order valence-electron chi connectivity index (χ3n) is 6.16. The van der Waals surface area contributed by atoms with Gasteiger partial charge in [0.2, 0.25) is 11.8 Å². The molecule has 210 valence electrons. The van der Waals surface area contributed by atoms with Crippen LogP contribution in [0.4, 0.5) is 4.79 Å². The first-order valence-corrected chi connectivity index (χ1v) is 13.7. The first-order valence-electron chi connectivity index (χ1n) is 13.7. The number of nitrogens with zero attached hydrogens (tertiary/aromatic N) is 1. The maximum atomic E-state index is 13.9. The molecule has 2 atom stereocenters. The van der Waals surface area contributed by atoms with Crippen LogP contribution in [0.25, 0.3) is 0 Å². The van der Waals surface area contributed by atoms with E-state index in [0.717, 1.165) is 55.2 Å². The number of rotatable bonds is 15. The van der Waals surface area contributed by atoms with Gasteiger partial charge in [-0.25, -0.2) is 4.79 Å². The Bertz CT molecular complexity index is 845. The molecular formula is C29H49N3O5. The van der Waals surface area contributed by atoms with E-state index in [9.17, 15) is 19.5 Å². The van der Waals surface area contributed by atoms with Crippen molar-refractivity contribution in [3.63, 3.8) is 0 Å². The zero-order valence-electron chi connectivity index (χ0n) is 24.0. The summed E-state index contributed by atoms with van der Waals surface area (Å²) in [7, 11) is 0. The lowest BCUT2D eigenvalue weighted by molar-refractivity contribution is -0.143. The van der Waals surface area contributed by atoms with E-state index in [4.69, 9.17) is 4.74 Å². The predicted octanol–water partition coefficient (Wildman–Crippen LogP) is 4.95. The van der Waals surface area contributed by atoms with Crippen molar-refractivity contribution in [3.8, 4) is 0 Å². The zero-order chi connectivity index (χ0) is 28.0. The van der Waals surface area contributed by atoms with Gasteiger partial charge in [0.1, 0.15) is 17.7 Å². The van der Waals surface area contributed by atoms with Gasteiger partial charge in [-0.1, -0.05) is 64.2 Å². The third-order valence-corrected chi connectivity index (χ3v) is 6.16. The monoisotopic (exact) mass is 519 g/mol. The van der Waals surface area contributed by atoms with E-state index in [2.05, 4.69) is 24.5 Å². The van der Waals surface area contributed by atoms with E-state index in [0.29, 0.717) is 19.5 Å². The molecule has 0 saturated carbocycles. The summed E-state index contributed by atoms with van der Waals surface area (Å²) in [6.07, 6.45) is 5.83. The van der Waals surface area contributed by atoms with Gasteiger partial charge in [-0.3, -0.25) is 9.59 Å². The fourth-order valence-corrected chi connectivity index (χ4v) is 4.26. The van der Waals surface area contributed by atoms with E-state index in [1.165, 1.54) is 4.90 Å². The van der Waals surface area contributed by atoms with E-state index >= 15 is 0 Å². The van der Waals surface area contributed by atoms with Crippen LogP contribution in [0, 0.1) is 13.8 Å². The van der Waals surface area contributed by atoms with Crippen LogP contribution >= 0.6 is 0 Å². The van der Waals surface area contributed by atoms with Crippen molar-refractivity contribution < 1.29 is 24.2 Å².